The molecule has 0 amide bonds. The minimum absolute atomic E-state index is 0.566. The molecule has 1 heterocycles. The van der Waals surface area contributed by atoms with Crippen LogP contribution in [0.3, 0.4) is 0 Å². The minimum atomic E-state index is 0.566. The van der Waals surface area contributed by atoms with Gasteiger partial charge in [-0.1, -0.05) is 65.8 Å². The Bertz CT molecular complexity index is 769. The van der Waals surface area contributed by atoms with E-state index in [1.54, 1.807) is 0 Å². The van der Waals surface area contributed by atoms with E-state index in [1.165, 1.54) is 32.9 Å². The van der Waals surface area contributed by atoms with E-state index in [1.807, 2.05) is 0 Å². The van der Waals surface area contributed by atoms with E-state index >= 15 is 0 Å². The molecule has 0 bridgehead atoms. The molecule has 0 N–H and O–H groups in total. The van der Waals surface area contributed by atoms with Crippen LogP contribution in [0.2, 0.25) is 0 Å². The highest BCUT2D eigenvalue weighted by atomic mass is 15.0. The largest absolute Gasteiger partial charge is 0.340 e. The average molecular weight is 307 g/mol. The number of fused-ring (bicyclic) bond motifs is 3. The second kappa shape index (κ2) is 6.03. The van der Waals surface area contributed by atoms with Gasteiger partial charge in [0.25, 0.3) is 0 Å². The van der Waals surface area contributed by atoms with Crippen LogP contribution < -0.4 is 0 Å². The molecule has 3 aromatic rings. The molecule has 23 heavy (non-hydrogen) atoms. The van der Waals surface area contributed by atoms with Gasteiger partial charge in [-0.25, -0.2) is 0 Å². The molecule has 0 saturated heterocycles. The number of rotatable bonds is 4. The van der Waals surface area contributed by atoms with E-state index in [2.05, 4.69) is 82.5 Å². The van der Waals surface area contributed by atoms with Gasteiger partial charge in [0.15, 0.2) is 0 Å². The lowest BCUT2D eigenvalue weighted by atomic mass is 10.00. The van der Waals surface area contributed by atoms with E-state index in [4.69, 9.17) is 0 Å². The fraction of sp³-hybridized carbons (Fsp3) is 0.455. The van der Waals surface area contributed by atoms with Crippen LogP contribution in [-0.4, -0.2) is 4.57 Å². The van der Waals surface area contributed by atoms with Crippen molar-refractivity contribution in [1.82, 2.24) is 4.57 Å². The Morgan fingerprint density at radius 1 is 0.696 bits per heavy atom. The van der Waals surface area contributed by atoms with Crippen LogP contribution in [-0.2, 0) is 6.54 Å². The molecular weight excluding hydrogens is 278 g/mol. The summed E-state index contributed by atoms with van der Waals surface area (Å²) in [5.41, 5.74) is 5.63. The van der Waals surface area contributed by atoms with Crippen LogP contribution in [0.5, 0.6) is 0 Å². The number of hydrogen-bond acceptors (Lipinski definition) is 0. The molecule has 1 heteroatoms. The van der Waals surface area contributed by atoms with Crippen LogP contribution in [0, 0.1) is 5.92 Å². The van der Waals surface area contributed by atoms with E-state index < -0.39 is 0 Å². The zero-order valence-electron chi connectivity index (χ0n) is 15.4. The van der Waals surface area contributed by atoms with Gasteiger partial charge in [0, 0.05) is 28.4 Å². The molecule has 0 aliphatic carbocycles. The molecule has 0 saturated carbocycles. The van der Waals surface area contributed by atoms with Crippen LogP contribution >= 0.6 is 0 Å². The third-order valence-electron chi connectivity index (χ3n) is 4.80. The van der Waals surface area contributed by atoms with Crippen molar-refractivity contribution in [3.63, 3.8) is 0 Å². The second-order valence-corrected chi connectivity index (χ2v) is 7.87. The van der Waals surface area contributed by atoms with Crippen molar-refractivity contribution in [2.24, 2.45) is 5.92 Å². The molecule has 0 spiro atoms. The van der Waals surface area contributed by atoms with Gasteiger partial charge in [0.2, 0.25) is 0 Å². The van der Waals surface area contributed by atoms with Crippen molar-refractivity contribution >= 4 is 21.8 Å². The first-order valence-corrected chi connectivity index (χ1v) is 8.94. The van der Waals surface area contributed by atoms with E-state index in [0.717, 1.165) is 6.54 Å². The fourth-order valence-corrected chi connectivity index (χ4v) is 3.41. The number of hydrogen-bond donors (Lipinski definition) is 0. The Kier molecular flexibility index (Phi) is 4.23. The highest BCUT2D eigenvalue weighted by Gasteiger charge is 2.14. The van der Waals surface area contributed by atoms with Gasteiger partial charge >= 0.3 is 0 Å². The van der Waals surface area contributed by atoms with Gasteiger partial charge in [0.1, 0.15) is 0 Å². The molecule has 0 unspecified atom stereocenters. The first kappa shape index (κ1) is 16.1. The Morgan fingerprint density at radius 2 is 1.13 bits per heavy atom. The summed E-state index contributed by atoms with van der Waals surface area (Å²) >= 11 is 0. The molecule has 2 aromatic carbocycles. The van der Waals surface area contributed by atoms with Gasteiger partial charge in [-0.05, 0) is 41.0 Å². The summed E-state index contributed by atoms with van der Waals surface area (Å²) in [5, 5.41) is 2.78. The average Bonchev–Trinajstić information content (AvgIpc) is 2.79. The van der Waals surface area contributed by atoms with Crippen LogP contribution in [0.1, 0.15) is 64.5 Å². The molecule has 122 valence electrons. The van der Waals surface area contributed by atoms with Gasteiger partial charge in [0.05, 0.1) is 0 Å². The third-order valence-corrected chi connectivity index (χ3v) is 4.80. The molecule has 1 aromatic heterocycles. The van der Waals surface area contributed by atoms with Gasteiger partial charge < -0.3 is 4.57 Å². The Labute approximate surface area is 140 Å². The molecule has 3 rings (SSSR count). The first-order chi connectivity index (χ1) is 10.9. The lowest BCUT2D eigenvalue weighted by Gasteiger charge is -2.13. The zero-order chi connectivity index (χ0) is 16.7. The van der Waals surface area contributed by atoms with Gasteiger partial charge in [-0.2, -0.15) is 0 Å². The van der Waals surface area contributed by atoms with Gasteiger partial charge in [-0.3, -0.25) is 0 Å². The van der Waals surface area contributed by atoms with Crippen molar-refractivity contribution in [3.05, 3.63) is 47.5 Å². The molecule has 1 nitrogen and oxygen atoms in total. The summed E-state index contributed by atoms with van der Waals surface area (Å²) in [5.74, 6) is 1.77. The number of nitrogens with zero attached hydrogens (tertiary/aromatic N) is 1. The molecule has 0 aliphatic heterocycles. The summed E-state index contributed by atoms with van der Waals surface area (Å²) < 4.78 is 2.53. The molecule has 0 fully saturated rings. The van der Waals surface area contributed by atoms with Crippen LogP contribution in [0.15, 0.2) is 36.4 Å². The number of aromatic nitrogens is 1. The summed E-state index contributed by atoms with van der Waals surface area (Å²) in [6.07, 6.45) is 0. The molecule has 0 aliphatic rings. The Hall–Kier alpha value is -1.76. The standard InChI is InChI=1S/C22H29N/c1-14(2)13-23-21-11-17(15(3)4)7-9-19(21)20-10-8-18(16(5)6)12-22(20)23/h7-12,14-16H,13H2,1-6H3. The minimum Gasteiger partial charge on any atom is -0.340 e. The van der Waals surface area contributed by atoms with Crippen molar-refractivity contribution in [2.75, 3.05) is 0 Å². The Morgan fingerprint density at radius 3 is 1.48 bits per heavy atom. The van der Waals surface area contributed by atoms with Crippen molar-refractivity contribution < 1.29 is 0 Å². The summed E-state index contributed by atoms with van der Waals surface area (Å²) in [4.78, 5) is 0. The molecular formula is C22H29N. The second-order valence-electron chi connectivity index (χ2n) is 7.87. The van der Waals surface area contributed by atoms with E-state index in [9.17, 15) is 0 Å². The topological polar surface area (TPSA) is 4.93 Å². The summed E-state index contributed by atoms with van der Waals surface area (Å²) in [6, 6.07) is 14.0. The maximum Gasteiger partial charge on any atom is 0.0494 e. The predicted octanol–water partition coefficient (Wildman–Crippen LogP) is 6.70. The van der Waals surface area contributed by atoms with Crippen molar-refractivity contribution in [1.29, 1.82) is 0 Å². The van der Waals surface area contributed by atoms with Crippen molar-refractivity contribution in [3.8, 4) is 0 Å². The molecule has 0 atom stereocenters. The number of benzene rings is 2. The molecule has 0 radical (unpaired) electrons. The van der Waals surface area contributed by atoms with Crippen LogP contribution in [0.25, 0.3) is 21.8 Å². The summed E-state index contributed by atoms with van der Waals surface area (Å²) in [7, 11) is 0. The van der Waals surface area contributed by atoms with Gasteiger partial charge in [-0.15, -0.1) is 0 Å². The first-order valence-electron chi connectivity index (χ1n) is 8.94. The Balaban J connectivity index is 2.35. The maximum atomic E-state index is 2.53. The fourth-order valence-electron chi connectivity index (χ4n) is 3.41. The van der Waals surface area contributed by atoms with Crippen molar-refractivity contribution in [2.45, 2.75) is 59.9 Å². The highest BCUT2D eigenvalue weighted by Crippen LogP contribution is 2.33. The monoisotopic (exact) mass is 307 g/mol. The van der Waals surface area contributed by atoms with E-state index in [0.29, 0.717) is 17.8 Å². The van der Waals surface area contributed by atoms with Crippen LogP contribution in [0.4, 0.5) is 0 Å². The zero-order valence-corrected chi connectivity index (χ0v) is 15.4. The highest BCUT2D eigenvalue weighted by molar-refractivity contribution is 6.08. The SMILES string of the molecule is CC(C)Cn1c2cc(C(C)C)ccc2c2ccc(C(C)C)cc21. The normalized spacial score (nSPS) is 12.4. The summed E-state index contributed by atoms with van der Waals surface area (Å²) in [6.45, 7) is 14.8. The van der Waals surface area contributed by atoms with E-state index in [-0.39, 0.29) is 0 Å². The smallest absolute Gasteiger partial charge is 0.0494 e. The third kappa shape index (κ3) is 2.89. The quantitative estimate of drug-likeness (QED) is 0.505. The lowest BCUT2D eigenvalue weighted by molar-refractivity contribution is 0.545. The maximum absolute atomic E-state index is 2.53. The lowest BCUT2D eigenvalue weighted by Crippen LogP contribution is -2.04. The predicted molar refractivity (Wildman–Crippen MR) is 102 cm³/mol.